The number of carbonyl (C=O) groups is 10. The Morgan fingerprint density at radius 3 is 1.94 bits per heavy atom. The molecule has 12 N–H and O–H groups in total. The molecule has 31 heteroatoms. The van der Waals surface area contributed by atoms with Crippen molar-refractivity contribution in [3.63, 3.8) is 0 Å². The van der Waals surface area contributed by atoms with E-state index in [2.05, 4.69) is 63.3 Å². The van der Waals surface area contributed by atoms with E-state index in [0.29, 0.717) is 92.9 Å². The molecule has 0 radical (unpaired) electrons. The minimum absolute atomic E-state index is 0.0283. The number of halogens is 2. The Morgan fingerprint density at radius 2 is 1.29 bits per heavy atom. The third kappa shape index (κ3) is 20.5. The summed E-state index contributed by atoms with van der Waals surface area (Å²) >= 11 is 3.10. The minimum atomic E-state index is -1.64. The number of thioether (sulfide) groups is 2. The number of rotatable bonds is 16. The van der Waals surface area contributed by atoms with E-state index in [1.165, 1.54) is 79.5 Å². The number of H-pyrrole nitrogens is 2. The summed E-state index contributed by atoms with van der Waals surface area (Å²) in [5.74, 6) is -6.53. The summed E-state index contributed by atoms with van der Waals surface area (Å²) in [6, 6.07) is 11.6. The van der Waals surface area contributed by atoms with Gasteiger partial charge in [0.15, 0.2) is 0 Å². The lowest BCUT2D eigenvalue weighted by Crippen LogP contribution is -2.62. The van der Waals surface area contributed by atoms with E-state index in [1.54, 1.807) is 43.0 Å². The van der Waals surface area contributed by atoms with E-state index in [4.69, 9.17) is 16.0 Å². The zero-order valence-corrected chi connectivity index (χ0v) is 58.7. The highest BCUT2D eigenvalue weighted by Crippen LogP contribution is 2.32. The van der Waals surface area contributed by atoms with Gasteiger partial charge in [0.05, 0.1) is 7.11 Å². The maximum absolute atomic E-state index is 15.6. The first-order chi connectivity index (χ1) is 49.0. The van der Waals surface area contributed by atoms with E-state index in [1.807, 2.05) is 18.2 Å². The number of hydrogen-bond acceptors (Lipinski definition) is 15. The fraction of sp³-hybridized carbons (Fsp3) is 0.465. The summed E-state index contributed by atoms with van der Waals surface area (Å²) in [5, 5.41) is 33.6. The first-order valence-corrected chi connectivity index (χ1v) is 36.4. The van der Waals surface area contributed by atoms with Crippen LogP contribution in [0.1, 0.15) is 106 Å². The van der Waals surface area contributed by atoms with Crippen molar-refractivity contribution in [2.75, 3.05) is 44.8 Å². The summed E-state index contributed by atoms with van der Waals surface area (Å²) in [5.41, 5.74) is 18.4. The van der Waals surface area contributed by atoms with Crippen LogP contribution in [0.4, 0.5) is 8.78 Å². The molecule has 27 nitrogen and oxygen atoms in total. The van der Waals surface area contributed by atoms with Crippen LogP contribution in [0.2, 0.25) is 0 Å². The van der Waals surface area contributed by atoms with Crippen molar-refractivity contribution in [2.45, 2.75) is 163 Å². The third-order valence-corrected chi connectivity index (χ3v) is 20.7. The number of nitrogens with one attached hydrogen (secondary N) is 9. The van der Waals surface area contributed by atoms with Gasteiger partial charge in [-0.05, 0) is 141 Å². The standard InChI is InChI=1S/C71H87F2N15O12S2/c1-41-63(92)83-57(31-45-36-77-53-20-16-47(72)33-51(45)53)66(95)85-59(32-46-37-78-54-21-17-48(73)34-52(46)54)68(97)87-38-49(74)35-60(87)67(96)82-56(12-7-13-62(90)91)65(94)84-58(30-42-14-18-50(100-3)19-15-42)69(98)88-26-8-23-71(88,2)70(99)76-25-28-102-40-44-10-6-9-43(29-44)39-101-27-22-61(89)81-55(64(93)80-41)11-4-5-24-79-86-75/h6,9-10,14-21,29,33-34,36-37,41,49,55-60,77-78H,4-5,7-8,11-13,22-28,30-32,35,38-40,74H2,1-3H3,(H,76,99)(H,80,93)(H,81,89)(H,82,96)(H,83,92)(H,84,94)(H,85,95)(H,90,91)/t41-,49-,55+,56+,57+,58+,59+,60-,71+/m1/s1. The summed E-state index contributed by atoms with van der Waals surface area (Å²) in [6.45, 7) is 3.31. The molecule has 6 aromatic rings. The van der Waals surface area contributed by atoms with Gasteiger partial charge in [0.2, 0.25) is 53.2 Å². The SMILES string of the molecule is COc1ccc(C[C@@H]2NC(=O)[C@H](CCCC(=O)O)NC(=O)[C@H]3C[C@@H](N)CN3C(=O)[C@H](Cc3c[nH]c4ccc(F)cc34)NC(=O)[C@H](Cc3c[nH]c4ccc(F)cc34)NC(=O)[C@@H](C)NC(=O)[C@H](CCCCN=[N+]=[N-])NC(=O)CCSCc3cccc(c3)CSCCNC(=O)[C@]3(C)CCCN3C2=O)cc1. The average molecular weight is 1440 g/mol. The number of methoxy groups -OCH3 is 1. The Kier molecular flexibility index (Phi) is 27.2. The largest absolute Gasteiger partial charge is 0.497 e. The van der Waals surface area contributed by atoms with Gasteiger partial charge in [0.1, 0.15) is 65.2 Å². The minimum Gasteiger partial charge on any atom is -0.497 e. The number of benzene rings is 4. The van der Waals surface area contributed by atoms with Gasteiger partial charge in [0, 0.05) is 126 Å². The number of unbranched alkanes of at least 4 members (excludes halogenated alkanes) is 1. The Labute approximate surface area is 596 Å². The maximum Gasteiger partial charge on any atom is 0.303 e. The molecule has 3 aliphatic heterocycles. The third-order valence-electron chi connectivity index (χ3n) is 18.6. The molecule has 0 unspecified atom stereocenters. The topological polar surface area (TPSA) is 397 Å². The number of nitrogens with two attached hydrogens (primary N) is 1. The molecule has 9 rings (SSSR count). The lowest BCUT2D eigenvalue weighted by Gasteiger charge is -2.36. The van der Waals surface area contributed by atoms with Crippen molar-refractivity contribution >= 4 is 104 Å². The van der Waals surface area contributed by atoms with E-state index in [9.17, 15) is 33.5 Å². The molecule has 2 bridgehead atoms. The Bertz CT molecular complexity index is 4080. The van der Waals surface area contributed by atoms with Gasteiger partial charge in [-0.1, -0.05) is 47.9 Å². The summed E-state index contributed by atoms with van der Waals surface area (Å²) in [6.07, 6.45) is 2.84. The molecule has 0 aliphatic carbocycles. The van der Waals surface area contributed by atoms with Crippen LogP contribution < -0.4 is 47.7 Å². The quantitative estimate of drug-likeness (QED) is 0.0242. The molecule has 3 aliphatic rings. The molecule has 9 amide bonds. The smallest absolute Gasteiger partial charge is 0.303 e. The predicted octanol–water partition coefficient (Wildman–Crippen LogP) is 5.62. The fourth-order valence-corrected chi connectivity index (χ4v) is 14.8. The molecule has 4 aromatic carbocycles. The molecule has 0 saturated carbocycles. The number of aromatic amines is 2. The van der Waals surface area contributed by atoms with Crippen LogP contribution in [0.3, 0.4) is 0 Å². The monoisotopic (exact) mass is 1440 g/mol. The van der Waals surface area contributed by atoms with E-state index in [-0.39, 0.29) is 77.5 Å². The number of carboxylic acid groups (broad SMARTS) is 1. The van der Waals surface area contributed by atoms with E-state index >= 15 is 28.4 Å². The first kappa shape index (κ1) is 76.5. The van der Waals surface area contributed by atoms with Crippen LogP contribution in [-0.2, 0) is 78.7 Å². The predicted molar refractivity (Wildman–Crippen MR) is 381 cm³/mol. The van der Waals surface area contributed by atoms with Crippen LogP contribution in [0, 0.1) is 11.6 Å². The maximum atomic E-state index is 15.6. The van der Waals surface area contributed by atoms with Crippen LogP contribution in [-0.4, -0.2) is 183 Å². The van der Waals surface area contributed by atoms with Crippen molar-refractivity contribution in [3.05, 3.63) is 147 Å². The van der Waals surface area contributed by atoms with E-state index in [0.717, 1.165) is 16.0 Å². The number of ether oxygens (including phenoxy) is 1. The average Bonchev–Trinajstić information content (AvgIpc) is 1.61. The number of fused-ring (bicyclic) bond motifs is 6. The number of nitrogens with zero attached hydrogens (tertiary/aromatic N) is 5. The van der Waals surface area contributed by atoms with Crippen molar-refractivity contribution in [3.8, 4) is 5.75 Å². The lowest BCUT2D eigenvalue weighted by molar-refractivity contribution is -0.146. The Morgan fingerprint density at radius 1 is 0.706 bits per heavy atom. The van der Waals surface area contributed by atoms with E-state index < -0.39 is 131 Å². The second-order valence-electron chi connectivity index (χ2n) is 26.1. The van der Waals surface area contributed by atoms with Crippen molar-refractivity contribution in [1.29, 1.82) is 0 Å². The fourth-order valence-electron chi connectivity index (χ4n) is 13.1. The van der Waals surface area contributed by atoms with Gasteiger partial charge in [0.25, 0.3) is 0 Å². The number of carbonyl (C=O) groups excluding carboxylic acids is 9. The Hall–Kier alpha value is -9.71. The lowest BCUT2D eigenvalue weighted by atomic mass is 9.95. The zero-order chi connectivity index (χ0) is 73.0. The number of aromatic nitrogens is 2. The molecular weight excluding hydrogens is 1360 g/mol. The van der Waals surface area contributed by atoms with Gasteiger partial charge >= 0.3 is 5.97 Å². The first-order valence-electron chi connectivity index (χ1n) is 34.1. The number of hydrogen-bond donors (Lipinski definition) is 11. The second-order valence-corrected chi connectivity index (χ2v) is 28.3. The number of azide groups is 1. The second kappa shape index (κ2) is 36.2. The van der Waals surface area contributed by atoms with Crippen LogP contribution in [0.25, 0.3) is 32.2 Å². The summed E-state index contributed by atoms with van der Waals surface area (Å²) in [4.78, 5) is 156. The van der Waals surface area contributed by atoms with Gasteiger partial charge in [-0.3, -0.25) is 47.9 Å². The van der Waals surface area contributed by atoms with Gasteiger partial charge in [-0.15, -0.1) is 0 Å². The molecule has 102 heavy (non-hydrogen) atoms. The molecule has 5 heterocycles. The molecule has 2 aromatic heterocycles. The molecule has 2 saturated heterocycles. The van der Waals surface area contributed by atoms with Crippen molar-refractivity contribution < 1.29 is 66.6 Å². The van der Waals surface area contributed by atoms with Gasteiger partial charge < -0.3 is 72.6 Å². The van der Waals surface area contributed by atoms with Crippen LogP contribution in [0.5, 0.6) is 5.75 Å². The van der Waals surface area contributed by atoms with Crippen LogP contribution in [0.15, 0.2) is 102 Å². The highest BCUT2D eigenvalue weighted by molar-refractivity contribution is 7.98. The normalized spacial score (nSPS) is 23.9. The number of carboxylic acids is 1. The van der Waals surface area contributed by atoms with Crippen molar-refractivity contribution in [1.82, 2.24) is 57.0 Å². The molecule has 544 valence electrons. The highest BCUT2D eigenvalue weighted by atomic mass is 32.2. The van der Waals surface area contributed by atoms with Gasteiger partial charge in [-0.25, -0.2) is 8.78 Å². The molecule has 9 atom stereocenters. The molecule has 0 spiro atoms. The zero-order valence-electron chi connectivity index (χ0n) is 57.0. The number of amides is 9. The summed E-state index contributed by atoms with van der Waals surface area (Å²) < 4.78 is 35.4. The molecular formula is C71H87F2N15O12S2. The van der Waals surface area contributed by atoms with Crippen molar-refractivity contribution in [2.24, 2.45) is 10.8 Å². The Balaban J connectivity index is 1.06. The number of aliphatic carboxylic acids is 1. The molecule has 2 fully saturated rings. The van der Waals surface area contributed by atoms with Crippen LogP contribution >= 0.6 is 23.5 Å². The van der Waals surface area contributed by atoms with Gasteiger partial charge in [-0.2, -0.15) is 23.5 Å². The summed E-state index contributed by atoms with van der Waals surface area (Å²) in [7, 11) is 1.49. The highest BCUT2D eigenvalue weighted by Gasteiger charge is 2.48.